The molecule has 4 rings (SSSR count). The Hall–Kier alpha value is -4.84. The molecule has 34 heavy (non-hydrogen) atoms. The van der Waals surface area contributed by atoms with Crippen molar-refractivity contribution in [1.29, 1.82) is 0 Å². The van der Waals surface area contributed by atoms with Crippen LogP contribution in [0.1, 0.15) is 22.3 Å². The fraction of sp³-hybridized carbons (Fsp3) is 0. The van der Waals surface area contributed by atoms with Crippen LogP contribution in [0.25, 0.3) is 24.3 Å². The van der Waals surface area contributed by atoms with Crippen LogP contribution in [0.3, 0.4) is 0 Å². The van der Waals surface area contributed by atoms with E-state index in [0.29, 0.717) is 11.1 Å². The molecule has 0 aromatic heterocycles. The molecule has 0 unspecified atom stereocenters. The molecule has 0 saturated carbocycles. The molecule has 0 amide bonds. The predicted octanol–water partition coefficient (Wildman–Crippen LogP) is 6.22. The summed E-state index contributed by atoms with van der Waals surface area (Å²) in [6.45, 7) is 0. The van der Waals surface area contributed by atoms with E-state index in [1.54, 1.807) is 84.9 Å². The lowest BCUT2D eigenvalue weighted by Gasteiger charge is -2.08. The highest BCUT2D eigenvalue weighted by Gasteiger charge is 2.05. The third-order valence-electron chi connectivity index (χ3n) is 4.78. The molecule has 0 aliphatic heterocycles. The largest absolute Gasteiger partial charge is 0.508 e. The molecule has 0 radical (unpaired) electrons. The Bertz CT molecular complexity index is 1220. The highest BCUT2D eigenvalue weighted by molar-refractivity contribution is 5.72. The lowest BCUT2D eigenvalue weighted by molar-refractivity contribution is -0.100. The van der Waals surface area contributed by atoms with Gasteiger partial charge in [0.2, 0.25) is 0 Å². The average molecular weight is 454 g/mol. The van der Waals surface area contributed by atoms with E-state index in [2.05, 4.69) is 0 Å². The number of benzene rings is 4. The first-order valence-electron chi connectivity index (χ1n) is 10.4. The van der Waals surface area contributed by atoms with Gasteiger partial charge in [0.25, 0.3) is 0 Å². The van der Waals surface area contributed by atoms with Gasteiger partial charge >= 0.3 is 0 Å². The molecule has 6 nitrogen and oxygen atoms in total. The van der Waals surface area contributed by atoms with Gasteiger partial charge < -0.3 is 20.4 Å². The highest BCUT2D eigenvalue weighted by atomic mass is 17.2. The van der Waals surface area contributed by atoms with Crippen LogP contribution in [-0.4, -0.2) is 20.4 Å². The maximum atomic E-state index is 10.0. The SMILES string of the molecule is Oc1ccc(/C=C/c2cc(O)cc(OOc3cc(O)cc(/C=C/c4ccc(O)cc4)c3)c2)cc1. The Morgan fingerprint density at radius 1 is 0.382 bits per heavy atom. The second kappa shape index (κ2) is 10.2. The third kappa shape index (κ3) is 6.34. The third-order valence-corrected chi connectivity index (χ3v) is 4.78. The topological polar surface area (TPSA) is 99.4 Å². The van der Waals surface area contributed by atoms with E-state index in [1.807, 2.05) is 12.2 Å². The molecular weight excluding hydrogens is 432 g/mol. The summed E-state index contributed by atoms with van der Waals surface area (Å²) in [7, 11) is 0. The van der Waals surface area contributed by atoms with E-state index in [9.17, 15) is 20.4 Å². The summed E-state index contributed by atoms with van der Waals surface area (Å²) >= 11 is 0. The van der Waals surface area contributed by atoms with Gasteiger partial charge in [0.05, 0.1) is 0 Å². The number of hydrogen-bond donors (Lipinski definition) is 4. The van der Waals surface area contributed by atoms with Gasteiger partial charge in [-0.15, -0.1) is 0 Å². The molecule has 0 heterocycles. The number of rotatable bonds is 7. The van der Waals surface area contributed by atoms with Crippen molar-refractivity contribution < 1.29 is 30.2 Å². The van der Waals surface area contributed by atoms with Crippen LogP contribution in [0, 0.1) is 0 Å². The molecular formula is C28H22O6. The minimum Gasteiger partial charge on any atom is -0.508 e. The molecule has 4 N–H and O–H groups in total. The molecule has 0 aliphatic carbocycles. The van der Waals surface area contributed by atoms with Crippen LogP contribution >= 0.6 is 0 Å². The van der Waals surface area contributed by atoms with E-state index in [0.717, 1.165) is 11.1 Å². The predicted molar refractivity (Wildman–Crippen MR) is 132 cm³/mol. The van der Waals surface area contributed by atoms with E-state index in [1.165, 1.54) is 12.1 Å². The summed E-state index contributed by atoms with van der Waals surface area (Å²) in [6, 6.07) is 22.8. The normalized spacial score (nSPS) is 11.2. The summed E-state index contributed by atoms with van der Waals surface area (Å²) in [5.74, 6) is 0.922. The molecule has 170 valence electrons. The minimum absolute atomic E-state index is 0.000106. The first-order chi connectivity index (χ1) is 16.4. The number of hydrogen-bond acceptors (Lipinski definition) is 6. The van der Waals surface area contributed by atoms with Crippen LogP contribution in [0.5, 0.6) is 34.5 Å². The van der Waals surface area contributed by atoms with Crippen molar-refractivity contribution in [1.82, 2.24) is 0 Å². The molecule has 0 atom stereocenters. The minimum atomic E-state index is -0.000106. The monoisotopic (exact) mass is 454 g/mol. The van der Waals surface area contributed by atoms with Crippen molar-refractivity contribution in [3.8, 4) is 34.5 Å². The van der Waals surface area contributed by atoms with Crippen LogP contribution in [0.15, 0.2) is 84.9 Å². The van der Waals surface area contributed by atoms with Gasteiger partial charge in [-0.1, -0.05) is 48.6 Å². The average Bonchev–Trinajstić information content (AvgIpc) is 2.81. The molecule has 0 saturated heterocycles. The van der Waals surface area contributed by atoms with Crippen LogP contribution in [-0.2, 0) is 0 Å². The molecule has 0 spiro atoms. The Morgan fingerprint density at radius 3 is 1.12 bits per heavy atom. The second-order valence-corrected chi connectivity index (χ2v) is 7.54. The standard InChI is InChI=1S/C28H22O6/c29-23-9-5-19(6-10-23)1-3-21-13-25(31)17-27(15-21)33-34-28-16-22(14-26(32)18-28)4-2-20-7-11-24(30)12-8-20/h1-18,29-32H/b3-1+,4-2+. The molecule has 4 aromatic carbocycles. The summed E-state index contributed by atoms with van der Waals surface area (Å²) in [5.41, 5.74) is 3.13. The van der Waals surface area contributed by atoms with Crippen molar-refractivity contribution in [2.24, 2.45) is 0 Å². The Labute approximate surface area is 196 Å². The van der Waals surface area contributed by atoms with Gasteiger partial charge in [0, 0.05) is 12.1 Å². The fourth-order valence-electron chi connectivity index (χ4n) is 3.15. The van der Waals surface area contributed by atoms with Gasteiger partial charge in [0.1, 0.15) is 23.0 Å². The lowest BCUT2D eigenvalue weighted by Crippen LogP contribution is -2.00. The lowest BCUT2D eigenvalue weighted by atomic mass is 10.1. The zero-order valence-corrected chi connectivity index (χ0v) is 18.0. The summed E-state index contributed by atoms with van der Waals surface area (Å²) in [4.78, 5) is 10.8. The van der Waals surface area contributed by atoms with Gasteiger partial charge in [-0.25, -0.2) is 0 Å². The van der Waals surface area contributed by atoms with E-state index >= 15 is 0 Å². The van der Waals surface area contributed by atoms with Gasteiger partial charge in [-0.3, -0.25) is 9.78 Å². The second-order valence-electron chi connectivity index (χ2n) is 7.54. The molecule has 0 aliphatic rings. The van der Waals surface area contributed by atoms with E-state index in [-0.39, 0.29) is 34.5 Å². The molecule has 4 aromatic rings. The number of phenols is 4. The van der Waals surface area contributed by atoms with Crippen molar-refractivity contribution in [3.05, 3.63) is 107 Å². The maximum absolute atomic E-state index is 10.0. The van der Waals surface area contributed by atoms with Crippen LogP contribution in [0.4, 0.5) is 0 Å². The summed E-state index contributed by atoms with van der Waals surface area (Å²) < 4.78 is 0. The fourth-order valence-corrected chi connectivity index (χ4v) is 3.15. The van der Waals surface area contributed by atoms with Crippen molar-refractivity contribution in [2.75, 3.05) is 0 Å². The number of aromatic hydroxyl groups is 4. The quantitative estimate of drug-likeness (QED) is 0.150. The highest BCUT2D eigenvalue weighted by Crippen LogP contribution is 2.27. The van der Waals surface area contributed by atoms with E-state index in [4.69, 9.17) is 9.78 Å². The molecule has 0 bridgehead atoms. The zero-order valence-electron chi connectivity index (χ0n) is 18.0. The smallest absolute Gasteiger partial charge is 0.182 e. The van der Waals surface area contributed by atoms with Gasteiger partial charge in [-0.2, -0.15) is 0 Å². The Kier molecular flexibility index (Phi) is 6.70. The summed E-state index contributed by atoms with van der Waals surface area (Å²) in [5, 5.41) is 38.8. The van der Waals surface area contributed by atoms with Gasteiger partial charge in [-0.05, 0) is 70.8 Å². The van der Waals surface area contributed by atoms with Crippen molar-refractivity contribution in [3.63, 3.8) is 0 Å². The first kappa shape index (κ1) is 22.4. The van der Waals surface area contributed by atoms with Gasteiger partial charge in [0.15, 0.2) is 11.5 Å². The van der Waals surface area contributed by atoms with Crippen molar-refractivity contribution >= 4 is 24.3 Å². The first-order valence-corrected chi connectivity index (χ1v) is 10.4. The van der Waals surface area contributed by atoms with Crippen LogP contribution in [0.2, 0.25) is 0 Å². The maximum Gasteiger partial charge on any atom is 0.182 e. The molecule has 6 heteroatoms. The van der Waals surface area contributed by atoms with Crippen molar-refractivity contribution in [2.45, 2.75) is 0 Å². The Balaban J connectivity index is 1.45. The van der Waals surface area contributed by atoms with E-state index < -0.39 is 0 Å². The summed E-state index contributed by atoms with van der Waals surface area (Å²) in [6.07, 6.45) is 7.25. The zero-order chi connectivity index (χ0) is 23.9. The number of phenolic OH excluding ortho intramolecular Hbond substituents is 4. The Morgan fingerprint density at radius 2 is 0.735 bits per heavy atom. The molecule has 0 fully saturated rings. The van der Waals surface area contributed by atoms with Crippen LogP contribution < -0.4 is 9.78 Å².